The number of unbranched alkanes of at least 4 members (excludes halogenated alkanes) is 2. The third-order valence-corrected chi connectivity index (χ3v) is 5.50. The Morgan fingerprint density at radius 1 is 1.12 bits per heavy atom. The molecule has 32 heavy (non-hydrogen) atoms. The molecule has 7 heteroatoms. The highest BCUT2D eigenvalue weighted by Gasteiger charge is 2.49. The number of hydrogen-bond donors (Lipinski definition) is 3. The molecule has 1 atom stereocenters. The molecule has 2 aromatic carbocycles. The molecule has 0 aliphatic carbocycles. The van der Waals surface area contributed by atoms with Gasteiger partial charge in [0.15, 0.2) is 0 Å². The van der Waals surface area contributed by atoms with Crippen molar-refractivity contribution in [2.24, 2.45) is 0 Å². The molecule has 4 rings (SSSR count). The van der Waals surface area contributed by atoms with E-state index in [1.807, 2.05) is 61.5 Å². The highest BCUT2D eigenvalue weighted by atomic mass is 16.7. The van der Waals surface area contributed by atoms with Crippen molar-refractivity contribution in [3.63, 3.8) is 0 Å². The van der Waals surface area contributed by atoms with E-state index in [0.717, 1.165) is 29.3 Å². The summed E-state index contributed by atoms with van der Waals surface area (Å²) in [5.41, 5.74) is 4.34. The molecule has 1 aliphatic rings. The van der Waals surface area contributed by atoms with Crippen LogP contribution in [0.15, 0.2) is 66.2 Å². The maximum absolute atomic E-state index is 12.9. The maximum Gasteiger partial charge on any atom is 0.347 e. The summed E-state index contributed by atoms with van der Waals surface area (Å²) < 4.78 is 5.36. The summed E-state index contributed by atoms with van der Waals surface area (Å²) >= 11 is 0. The first-order valence-electron chi connectivity index (χ1n) is 10.8. The molecule has 0 spiro atoms. The number of ether oxygens (including phenoxy) is 1. The average Bonchev–Trinajstić information content (AvgIpc) is 3.32. The molecule has 0 saturated heterocycles. The van der Waals surface area contributed by atoms with Gasteiger partial charge in [-0.1, -0.05) is 68.3 Å². The van der Waals surface area contributed by atoms with Crippen LogP contribution in [0.1, 0.15) is 43.9 Å². The van der Waals surface area contributed by atoms with E-state index >= 15 is 0 Å². The van der Waals surface area contributed by atoms with Gasteiger partial charge in [0.05, 0.1) is 17.9 Å². The topological polar surface area (TPSA) is 101 Å². The Labute approximate surface area is 186 Å². The molecule has 1 aliphatic heterocycles. The van der Waals surface area contributed by atoms with E-state index in [2.05, 4.69) is 10.5 Å². The number of aromatic amines is 1. The lowest BCUT2D eigenvalue weighted by molar-refractivity contribution is -0.178. The lowest BCUT2D eigenvalue weighted by Gasteiger charge is -2.24. The van der Waals surface area contributed by atoms with E-state index in [-0.39, 0.29) is 24.2 Å². The second kappa shape index (κ2) is 9.38. The largest absolute Gasteiger partial charge is 0.425 e. The fourth-order valence-corrected chi connectivity index (χ4v) is 3.91. The lowest BCUT2D eigenvalue weighted by Crippen LogP contribution is -2.31. The summed E-state index contributed by atoms with van der Waals surface area (Å²) in [5.74, 6) is -3.52. The highest BCUT2D eigenvalue weighted by Crippen LogP contribution is 2.42. The molecule has 1 amide bonds. The minimum absolute atomic E-state index is 0.135. The molecule has 7 nitrogen and oxygen atoms in total. The number of carbonyl (C=O) groups excluding carboxylic acids is 2. The molecular weight excluding hydrogens is 408 g/mol. The van der Waals surface area contributed by atoms with E-state index in [0.29, 0.717) is 12.1 Å². The van der Waals surface area contributed by atoms with Crippen LogP contribution in [0, 0.1) is 0 Å². The number of aliphatic hydroxyl groups is 1. The number of hydroxylamine groups is 1. The number of H-pyrrole nitrogens is 1. The number of cyclic esters (lactones) is 1. The second-order valence-corrected chi connectivity index (χ2v) is 7.86. The van der Waals surface area contributed by atoms with Crippen molar-refractivity contribution in [3.05, 3.63) is 77.5 Å². The number of amides is 1. The van der Waals surface area contributed by atoms with Gasteiger partial charge in [0, 0.05) is 11.9 Å². The van der Waals surface area contributed by atoms with Crippen molar-refractivity contribution in [2.45, 2.75) is 45.0 Å². The standard InChI is InChI=1S/C25H26N2O5/c1-2-3-9-14-25(30)22(20-15-18-12-7-8-13-19(18)26-20)21(24(29)32-25)23(28)27-31-16-17-10-5-4-6-11-17/h4-8,10-13,15,26,30H,2-3,9,14,16H2,1H3,(H,27,28). The summed E-state index contributed by atoms with van der Waals surface area (Å²) in [4.78, 5) is 34.2. The number of carbonyl (C=O) groups is 2. The van der Waals surface area contributed by atoms with Crippen molar-refractivity contribution in [3.8, 4) is 0 Å². The Balaban J connectivity index is 1.65. The van der Waals surface area contributed by atoms with E-state index in [4.69, 9.17) is 9.57 Å². The summed E-state index contributed by atoms with van der Waals surface area (Å²) in [6, 6.07) is 18.7. The lowest BCUT2D eigenvalue weighted by atomic mass is 9.94. The van der Waals surface area contributed by atoms with E-state index in [9.17, 15) is 14.7 Å². The monoisotopic (exact) mass is 434 g/mol. The second-order valence-electron chi connectivity index (χ2n) is 7.86. The van der Waals surface area contributed by atoms with Crippen LogP contribution < -0.4 is 5.48 Å². The number of fused-ring (bicyclic) bond motifs is 1. The fourth-order valence-electron chi connectivity index (χ4n) is 3.91. The highest BCUT2D eigenvalue weighted by molar-refractivity contribution is 6.24. The molecule has 1 unspecified atom stereocenters. The van der Waals surface area contributed by atoms with Crippen molar-refractivity contribution in [1.82, 2.24) is 10.5 Å². The third-order valence-electron chi connectivity index (χ3n) is 5.50. The minimum Gasteiger partial charge on any atom is -0.425 e. The summed E-state index contributed by atoms with van der Waals surface area (Å²) in [6.07, 6.45) is 2.64. The first kappa shape index (κ1) is 21.8. The van der Waals surface area contributed by atoms with Gasteiger partial charge in [-0.15, -0.1) is 0 Å². The van der Waals surface area contributed by atoms with Crippen LogP contribution in [0.4, 0.5) is 0 Å². The van der Waals surface area contributed by atoms with Gasteiger partial charge in [-0.25, -0.2) is 10.3 Å². The van der Waals surface area contributed by atoms with Crippen LogP contribution in [0.3, 0.4) is 0 Å². The van der Waals surface area contributed by atoms with Crippen LogP contribution in [0.25, 0.3) is 16.5 Å². The van der Waals surface area contributed by atoms with Crippen LogP contribution in [-0.2, 0) is 25.8 Å². The van der Waals surface area contributed by atoms with E-state index < -0.39 is 17.7 Å². The van der Waals surface area contributed by atoms with Gasteiger partial charge in [-0.2, -0.15) is 0 Å². The molecule has 2 heterocycles. The van der Waals surface area contributed by atoms with E-state index in [1.54, 1.807) is 6.07 Å². The molecule has 0 saturated carbocycles. The summed E-state index contributed by atoms with van der Waals surface area (Å²) in [5, 5.41) is 12.2. The van der Waals surface area contributed by atoms with Gasteiger partial charge >= 0.3 is 5.97 Å². The predicted molar refractivity (Wildman–Crippen MR) is 120 cm³/mol. The molecule has 0 fully saturated rings. The molecule has 0 radical (unpaired) electrons. The quantitative estimate of drug-likeness (QED) is 0.205. The normalized spacial score (nSPS) is 18.2. The third kappa shape index (κ3) is 4.44. The number of rotatable bonds is 9. The molecule has 3 aromatic rings. The van der Waals surface area contributed by atoms with Gasteiger partial charge in [-0.3, -0.25) is 9.63 Å². The van der Waals surface area contributed by atoms with Gasteiger partial charge in [0.2, 0.25) is 5.79 Å². The number of para-hydroxylation sites is 1. The number of nitrogens with one attached hydrogen (secondary N) is 2. The van der Waals surface area contributed by atoms with Gasteiger partial charge in [0.25, 0.3) is 5.91 Å². The van der Waals surface area contributed by atoms with Crippen molar-refractivity contribution in [2.75, 3.05) is 0 Å². The van der Waals surface area contributed by atoms with Crippen LogP contribution in [-0.4, -0.2) is 27.8 Å². The van der Waals surface area contributed by atoms with Crippen molar-refractivity contribution >= 4 is 28.4 Å². The Hall–Kier alpha value is -3.42. The SMILES string of the molecule is CCCCCC1(O)OC(=O)C(C(=O)NOCc2ccccc2)=C1c1cc2ccccc2[nH]1. The Bertz CT molecular complexity index is 1120. The smallest absolute Gasteiger partial charge is 0.347 e. The zero-order chi connectivity index (χ0) is 22.6. The number of aromatic nitrogens is 1. The zero-order valence-corrected chi connectivity index (χ0v) is 17.9. The Morgan fingerprint density at radius 2 is 1.88 bits per heavy atom. The Kier molecular flexibility index (Phi) is 6.39. The number of benzene rings is 2. The molecule has 0 bridgehead atoms. The number of hydrogen-bond acceptors (Lipinski definition) is 5. The zero-order valence-electron chi connectivity index (χ0n) is 17.9. The molecular formula is C25H26N2O5. The molecule has 166 valence electrons. The maximum atomic E-state index is 12.9. The number of esters is 1. The first-order valence-corrected chi connectivity index (χ1v) is 10.8. The van der Waals surface area contributed by atoms with E-state index in [1.165, 1.54) is 0 Å². The van der Waals surface area contributed by atoms with Gasteiger partial charge < -0.3 is 14.8 Å². The van der Waals surface area contributed by atoms with Crippen molar-refractivity contribution in [1.29, 1.82) is 0 Å². The molecule has 3 N–H and O–H groups in total. The predicted octanol–water partition coefficient (Wildman–Crippen LogP) is 4.00. The average molecular weight is 434 g/mol. The van der Waals surface area contributed by atoms with Gasteiger partial charge in [-0.05, 0) is 29.5 Å². The fraction of sp³-hybridized carbons (Fsp3) is 0.280. The minimum atomic E-state index is -1.89. The van der Waals surface area contributed by atoms with Crippen LogP contribution >= 0.6 is 0 Å². The van der Waals surface area contributed by atoms with Crippen LogP contribution in [0.2, 0.25) is 0 Å². The van der Waals surface area contributed by atoms with Crippen molar-refractivity contribution < 1.29 is 24.3 Å². The summed E-state index contributed by atoms with van der Waals surface area (Å²) in [6.45, 7) is 2.18. The first-order chi connectivity index (χ1) is 15.5. The molecule has 1 aromatic heterocycles. The van der Waals surface area contributed by atoms with Gasteiger partial charge in [0.1, 0.15) is 5.57 Å². The Morgan fingerprint density at radius 3 is 2.62 bits per heavy atom. The summed E-state index contributed by atoms with van der Waals surface area (Å²) in [7, 11) is 0. The van der Waals surface area contributed by atoms with Crippen LogP contribution in [0.5, 0.6) is 0 Å².